The van der Waals surface area contributed by atoms with E-state index in [2.05, 4.69) is 67.3 Å². The fourth-order valence-corrected chi connectivity index (χ4v) is 4.68. The van der Waals surface area contributed by atoms with Crippen LogP contribution in [0.4, 0.5) is 0 Å². The Kier molecular flexibility index (Phi) is 6.54. The molecule has 0 unspecified atom stereocenters. The summed E-state index contributed by atoms with van der Waals surface area (Å²) in [6.45, 7) is 6.30. The highest BCUT2D eigenvalue weighted by molar-refractivity contribution is 6.30. The molecule has 31 heavy (non-hydrogen) atoms. The Morgan fingerprint density at radius 3 is 2.32 bits per heavy atom. The maximum atomic E-state index is 6.39. The van der Waals surface area contributed by atoms with Crippen molar-refractivity contribution in [2.75, 3.05) is 20.8 Å². The number of fused-ring (bicyclic) bond motifs is 1. The Morgan fingerprint density at radius 2 is 1.68 bits per heavy atom. The number of ether oxygens (including phenoxy) is 2. The molecular weight excluding hydrogens is 406 g/mol. The molecule has 1 atom stereocenters. The average molecular weight is 436 g/mol. The Bertz CT molecular complexity index is 1050. The van der Waals surface area contributed by atoms with Crippen LogP contribution in [0.25, 0.3) is 0 Å². The molecule has 1 heterocycles. The molecule has 0 aromatic heterocycles. The highest BCUT2D eigenvalue weighted by Gasteiger charge is 2.30. The molecule has 1 aliphatic rings. The van der Waals surface area contributed by atoms with Gasteiger partial charge in [-0.25, -0.2) is 0 Å². The van der Waals surface area contributed by atoms with Crippen molar-refractivity contribution in [3.8, 4) is 11.5 Å². The predicted octanol–water partition coefficient (Wildman–Crippen LogP) is 6.63. The summed E-state index contributed by atoms with van der Waals surface area (Å²) in [4.78, 5) is 2.53. The van der Waals surface area contributed by atoms with Gasteiger partial charge in [-0.3, -0.25) is 4.90 Å². The van der Waals surface area contributed by atoms with Gasteiger partial charge in [-0.1, -0.05) is 61.8 Å². The molecule has 3 aromatic rings. The normalized spacial score (nSPS) is 16.3. The lowest BCUT2D eigenvalue weighted by atomic mass is 9.87. The van der Waals surface area contributed by atoms with Crippen molar-refractivity contribution in [3.05, 3.63) is 93.5 Å². The third-order valence-corrected chi connectivity index (χ3v) is 6.41. The summed E-state index contributed by atoms with van der Waals surface area (Å²) in [7, 11) is 3.38. The Labute approximate surface area is 190 Å². The van der Waals surface area contributed by atoms with Gasteiger partial charge in [0.1, 0.15) is 0 Å². The molecule has 3 nitrogen and oxygen atoms in total. The summed E-state index contributed by atoms with van der Waals surface area (Å²) >= 11 is 6.39. The largest absolute Gasteiger partial charge is 0.493 e. The second-order valence-corrected chi connectivity index (χ2v) is 8.92. The summed E-state index contributed by atoms with van der Waals surface area (Å²) in [5.74, 6) is 2.08. The van der Waals surface area contributed by atoms with Crippen LogP contribution in [-0.2, 0) is 13.0 Å². The molecule has 162 valence electrons. The van der Waals surface area contributed by atoms with Gasteiger partial charge in [0.25, 0.3) is 0 Å². The van der Waals surface area contributed by atoms with E-state index in [-0.39, 0.29) is 6.04 Å². The van der Waals surface area contributed by atoms with Gasteiger partial charge in [0.2, 0.25) is 0 Å². The van der Waals surface area contributed by atoms with E-state index in [9.17, 15) is 0 Å². The highest BCUT2D eigenvalue weighted by atomic mass is 35.5. The SMILES string of the molecule is COc1cc2c(cc1OC)[C@@H](c1cccc(Cl)c1)N(Cc1ccc(C(C)C)cc1)CC2. The van der Waals surface area contributed by atoms with E-state index in [1.54, 1.807) is 14.2 Å². The van der Waals surface area contributed by atoms with Crippen LogP contribution in [0.5, 0.6) is 11.5 Å². The molecule has 1 aliphatic heterocycles. The lowest BCUT2D eigenvalue weighted by molar-refractivity contribution is 0.203. The monoisotopic (exact) mass is 435 g/mol. The zero-order chi connectivity index (χ0) is 22.0. The van der Waals surface area contributed by atoms with E-state index in [1.807, 2.05) is 12.1 Å². The molecule has 4 rings (SSSR count). The minimum Gasteiger partial charge on any atom is -0.493 e. The molecule has 0 spiro atoms. The van der Waals surface area contributed by atoms with Crippen molar-refractivity contribution in [1.82, 2.24) is 4.90 Å². The molecule has 4 heteroatoms. The number of methoxy groups -OCH3 is 2. The number of hydrogen-bond acceptors (Lipinski definition) is 3. The Morgan fingerprint density at radius 1 is 0.968 bits per heavy atom. The fourth-order valence-electron chi connectivity index (χ4n) is 4.48. The second kappa shape index (κ2) is 9.33. The van der Waals surface area contributed by atoms with Crippen LogP contribution >= 0.6 is 11.6 Å². The van der Waals surface area contributed by atoms with Gasteiger partial charge in [-0.05, 0) is 64.4 Å². The molecular formula is C27H30ClNO2. The standard InChI is InChI=1S/C27H30ClNO2/c1-18(2)20-10-8-19(9-11-20)17-29-13-12-21-15-25(30-3)26(31-4)16-24(21)27(29)22-6-5-7-23(28)14-22/h5-11,14-16,18,27H,12-13,17H2,1-4H3/t27-/m1/s1. The van der Waals surface area contributed by atoms with Gasteiger partial charge in [0.05, 0.1) is 20.3 Å². The lowest BCUT2D eigenvalue weighted by Gasteiger charge is -2.38. The predicted molar refractivity (Wildman–Crippen MR) is 127 cm³/mol. The Balaban J connectivity index is 1.75. The average Bonchev–Trinajstić information content (AvgIpc) is 2.78. The number of hydrogen-bond donors (Lipinski definition) is 0. The van der Waals surface area contributed by atoms with E-state index in [0.29, 0.717) is 5.92 Å². The van der Waals surface area contributed by atoms with E-state index >= 15 is 0 Å². The first-order valence-electron chi connectivity index (χ1n) is 10.8. The molecule has 0 amide bonds. The second-order valence-electron chi connectivity index (χ2n) is 8.48. The molecule has 0 aliphatic carbocycles. The summed E-state index contributed by atoms with van der Waals surface area (Å²) in [5, 5.41) is 0.756. The van der Waals surface area contributed by atoms with Crippen molar-refractivity contribution in [2.24, 2.45) is 0 Å². The molecule has 0 N–H and O–H groups in total. The molecule has 3 aromatic carbocycles. The van der Waals surface area contributed by atoms with Gasteiger partial charge < -0.3 is 9.47 Å². The first-order valence-corrected chi connectivity index (χ1v) is 11.2. The fraction of sp³-hybridized carbons (Fsp3) is 0.333. The van der Waals surface area contributed by atoms with E-state index in [4.69, 9.17) is 21.1 Å². The van der Waals surface area contributed by atoms with Crippen molar-refractivity contribution in [1.29, 1.82) is 0 Å². The third-order valence-electron chi connectivity index (χ3n) is 6.17. The number of nitrogens with zero attached hydrogens (tertiary/aromatic N) is 1. The van der Waals surface area contributed by atoms with Crippen molar-refractivity contribution >= 4 is 11.6 Å². The molecule has 0 saturated carbocycles. The van der Waals surface area contributed by atoms with Crippen LogP contribution in [0.3, 0.4) is 0 Å². The summed E-state index contributed by atoms with van der Waals surface area (Å²) in [6, 6.07) is 21.6. The van der Waals surface area contributed by atoms with Crippen molar-refractivity contribution < 1.29 is 9.47 Å². The van der Waals surface area contributed by atoms with Crippen LogP contribution in [0, 0.1) is 0 Å². The summed E-state index contributed by atoms with van der Waals surface area (Å²) in [6.07, 6.45) is 0.969. The van der Waals surface area contributed by atoms with Crippen LogP contribution < -0.4 is 9.47 Å². The van der Waals surface area contributed by atoms with Crippen LogP contribution in [-0.4, -0.2) is 25.7 Å². The maximum Gasteiger partial charge on any atom is 0.161 e. The van der Waals surface area contributed by atoms with Crippen LogP contribution in [0.2, 0.25) is 5.02 Å². The van der Waals surface area contributed by atoms with Gasteiger partial charge >= 0.3 is 0 Å². The van der Waals surface area contributed by atoms with Gasteiger partial charge in [0.15, 0.2) is 11.5 Å². The minimum absolute atomic E-state index is 0.104. The zero-order valence-electron chi connectivity index (χ0n) is 18.7. The molecule has 0 radical (unpaired) electrons. The van der Waals surface area contributed by atoms with Crippen molar-refractivity contribution in [3.63, 3.8) is 0 Å². The first-order chi connectivity index (χ1) is 15.0. The van der Waals surface area contributed by atoms with Gasteiger partial charge in [-0.15, -0.1) is 0 Å². The quantitative estimate of drug-likeness (QED) is 0.433. The lowest BCUT2D eigenvalue weighted by Crippen LogP contribution is -2.35. The topological polar surface area (TPSA) is 21.7 Å². The highest BCUT2D eigenvalue weighted by Crippen LogP contribution is 2.42. The number of halogens is 1. The summed E-state index contributed by atoms with van der Waals surface area (Å²) < 4.78 is 11.2. The Hall–Kier alpha value is -2.49. The molecule has 0 fully saturated rings. The van der Waals surface area contributed by atoms with Crippen LogP contribution in [0.1, 0.15) is 53.6 Å². The third kappa shape index (κ3) is 4.58. The van der Waals surface area contributed by atoms with E-state index < -0.39 is 0 Å². The molecule has 0 saturated heterocycles. The number of benzene rings is 3. The van der Waals surface area contributed by atoms with Gasteiger partial charge in [-0.2, -0.15) is 0 Å². The summed E-state index contributed by atoms with van der Waals surface area (Å²) in [5.41, 5.74) is 6.44. The number of rotatable bonds is 6. The smallest absolute Gasteiger partial charge is 0.161 e. The van der Waals surface area contributed by atoms with Crippen molar-refractivity contribution in [2.45, 2.75) is 38.8 Å². The molecule has 0 bridgehead atoms. The first kappa shape index (κ1) is 21.7. The zero-order valence-corrected chi connectivity index (χ0v) is 19.4. The van der Waals surface area contributed by atoms with Gasteiger partial charge in [0, 0.05) is 18.1 Å². The van der Waals surface area contributed by atoms with E-state index in [0.717, 1.165) is 36.0 Å². The van der Waals surface area contributed by atoms with Crippen LogP contribution in [0.15, 0.2) is 60.7 Å². The maximum absolute atomic E-state index is 6.39. The minimum atomic E-state index is 0.104. The van der Waals surface area contributed by atoms with E-state index in [1.165, 1.54) is 27.8 Å².